The highest BCUT2D eigenvalue weighted by atomic mass is 32.1. The van der Waals surface area contributed by atoms with E-state index in [2.05, 4.69) is 5.32 Å². The molecule has 0 radical (unpaired) electrons. The second kappa shape index (κ2) is 6.21. The summed E-state index contributed by atoms with van der Waals surface area (Å²) in [6, 6.07) is 5.94. The summed E-state index contributed by atoms with van der Waals surface area (Å²) in [6.45, 7) is 0. The number of nitrogens with two attached hydrogens (primary N) is 1. The third kappa shape index (κ3) is 3.12. The first-order chi connectivity index (χ1) is 11.2. The first-order valence-corrected chi connectivity index (χ1v) is 9.31. The molecular formula is C18H22FN3S. The van der Waals surface area contributed by atoms with Crippen LogP contribution in [0.2, 0.25) is 0 Å². The van der Waals surface area contributed by atoms with Crippen molar-refractivity contribution < 1.29 is 4.39 Å². The second-order valence-electron chi connectivity index (χ2n) is 6.70. The normalized spacial score (nSPS) is 23.7. The fourth-order valence-corrected chi connectivity index (χ4v) is 4.75. The molecule has 2 aliphatic carbocycles. The second-order valence-corrected chi connectivity index (χ2v) is 7.79. The number of fused-ring (bicyclic) bond motifs is 3. The lowest BCUT2D eigenvalue weighted by molar-refractivity contribution is 0.411. The minimum absolute atomic E-state index is 0.180. The average molecular weight is 331 g/mol. The lowest BCUT2D eigenvalue weighted by Crippen LogP contribution is -2.32. The van der Waals surface area contributed by atoms with Gasteiger partial charge in [0.2, 0.25) is 0 Å². The van der Waals surface area contributed by atoms with Gasteiger partial charge in [0.25, 0.3) is 0 Å². The molecule has 0 saturated heterocycles. The first kappa shape index (κ1) is 15.1. The number of benzene rings is 1. The smallest absolute Gasteiger partial charge is 0.183 e. The Morgan fingerprint density at radius 2 is 2.00 bits per heavy atom. The van der Waals surface area contributed by atoms with Gasteiger partial charge in [-0.2, -0.15) is 0 Å². The fraction of sp³-hybridized carbons (Fsp3) is 0.500. The molecule has 1 aromatic heterocycles. The highest BCUT2D eigenvalue weighted by Crippen LogP contribution is 2.38. The standard InChI is InChI=1S/C18H22FN3S/c19-12-5-4-11-2-1-3-16-17(15(11)10-12)22-18(23-16)21-14-8-6-13(20)7-9-14/h4-5,10,13-14H,1-3,6-9,20H2,(H,21,22). The summed E-state index contributed by atoms with van der Waals surface area (Å²) in [4.78, 5) is 6.10. The number of nitrogens with zero attached hydrogens (tertiary/aromatic N) is 1. The van der Waals surface area contributed by atoms with Crippen LogP contribution in [-0.2, 0) is 12.8 Å². The molecule has 1 aromatic carbocycles. The van der Waals surface area contributed by atoms with Crippen molar-refractivity contribution in [2.75, 3.05) is 5.32 Å². The van der Waals surface area contributed by atoms with Crippen LogP contribution in [0.25, 0.3) is 11.3 Å². The Balaban J connectivity index is 1.61. The van der Waals surface area contributed by atoms with E-state index >= 15 is 0 Å². The lowest BCUT2D eigenvalue weighted by atomic mass is 9.92. The van der Waals surface area contributed by atoms with Gasteiger partial charge in [-0.1, -0.05) is 6.07 Å². The van der Waals surface area contributed by atoms with E-state index in [0.717, 1.165) is 61.3 Å². The van der Waals surface area contributed by atoms with Crippen LogP contribution in [0.5, 0.6) is 0 Å². The number of hydrogen-bond acceptors (Lipinski definition) is 4. The summed E-state index contributed by atoms with van der Waals surface area (Å²) in [5.41, 5.74) is 9.15. The van der Waals surface area contributed by atoms with Gasteiger partial charge in [-0.25, -0.2) is 9.37 Å². The SMILES string of the molecule is NC1CCC(Nc2nc3c(s2)CCCc2ccc(F)cc2-3)CC1. The minimum Gasteiger partial charge on any atom is -0.359 e. The maximum atomic E-state index is 13.7. The molecule has 0 atom stereocenters. The van der Waals surface area contributed by atoms with Gasteiger partial charge in [0.1, 0.15) is 5.82 Å². The zero-order valence-corrected chi connectivity index (χ0v) is 14.0. The zero-order chi connectivity index (χ0) is 15.8. The molecule has 122 valence electrons. The third-order valence-corrected chi connectivity index (χ3v) is 6.02. The molecule has 1 heterocycles. The molecule has 0 bridgehead atoms. The summed E-state index contributed by atoms with van der Waals surface area (Å²) >= 11 is 1.74. The van der Waals surface area contributed by atoms with Crippen LogP contribution in [-0.4, -0.2) is 17.1 Å². The van der Waals surface area contributed by atoms with Crippen molar-refractivity contribution in [2.45, 2.75) is 57.0 Å². The van der Waals surface area contributed by atoms with Crippen LogP contribution in [0.1, 0.15) is 42.5 Å². The molecule has 2 aromatic rings. The van der Waals surface area contributed by atoms with Crippen molar-refractivity contribution >= 4 is 16.5 Å². The van der Waals surface area contributed by atoms with Crippen molar-refractivity contribution in [2.24, 2.45) is 5.73 Å². The van der Waals surface area contributed by atoms with E-state index in [0.29, 0.717) is 12.1 Å². The number of halogens is 1. The molecule has 0 aliphatic heterocycles. The van der Waals surface area contributed by atoms with Gasteiger partial charge in [-0.05, 0) is 62.6 Å². The van der Waals surface area contributed by atoms with E-state index in [1.807, 2.05) is 6.07 Å². The lowest BCUT2D eigenvalue weighted by Gasteiger charge is -2.26. The van der Waals surface area contributed by atoms with E-state index in [-0.39, 0.29) is 5.82 Å². The molecule has 4 rings (SSSR count). The van der Waals surface area contributed by atoms with Gasteiger partial charge >= 0.3 is 0 Å². The van der Waals surface area contributed by atoms with Gasteiger partial charge in [0.05, 0.1) is 5.69 Å². The molecule has 0 amide bonds. The van der Waals surface area contributed by atoms with Crippen molar-refractivity contribution in [1.29, 1.82) is 0 Å². The molecule has 2 aliphatic rings. The van der Waals surface area contributed by atoms with E-state index in [4.69, 9.17) is 10.7 Å². The van der Waals surface area contributed by atoms with E-state index < -0.39 is 0 Å². The monoisotopic (exact) mass is 331 g/mol. The molecule has 5 heteroatoms. The van der Waals surface area contributed by atoms with Gasteiger partial charge in [0, 0.05) is 22.5 Å². The van der Waals surface area contributed by atoms with Crippen LogP contribution >= 0.6 is 11.3 Å². The fourth-order valence-electron chi connectivity index (χ4n) is 3.66. The van der Waals surface area contributed by atoms with Crippen LogP contribution in [0.4, 0.5) is 9.52 Å². The van der Waals surface area contributed by atoms with Crippen molar-refractivity contribution in [1.82, 2.24) is 4.98 Å². The quantitative estimate of drug-likeness (QED) is 0.870. The largest absolute Gasteiger partial charge is 0.359 e. The summed E-state index contributed by atoms with van der Waals surface area (Å²) in [6.07, 6.45) is 7.51. The topological polar surface area (TPSA) is 50.9 Å². The number of anilines is 1. The predicted molar refractivity (Wildman–Crippen MR) is 93.4 cm³/mol. The molecule has 0 unspecified atom stereocenters. The Morgan fingerprint density at radius 3 is 2.83 bits per heavy atom. The Labute approximate surface area is 140 Å². The van der Waals surface area contributed by atoms with Gasteiger partial charge in [0.15, 0.2) is 5.13 Å². The molecule has 3 N–H and O–H groups in total. The van der Waals surface area contributed by atoms with Gasteiger partial charge in [-0.15, -0.1) is 11.3 Å². The summed E-state index contributed by atoms with van der Waals surface area (Å²) < 4.78 is 13.7. The molecule has 1 fully saturated rings. The number of hydrogen-bond donors (Lipinski definition) is 2. The number of aryl methyl sites for hydroxylation is 2. The highest BCUT2D eigenvalue weighted by molar-refractivity contribution is 7.16. The van der Waals surface area contributed by atoms with E-state index in [1.54, 1.807) is 23.5 Å². The van der Waals surface area contributed by atoms with Crippen LogP contribution in [0.15, 0.2) is 18.2 Å². The van der Waals surface area contributed by atoms with Crippen molar-refractivity contribution in [3.63, 3.8) is 0 Å². The Bertz CT molecular complexity index is 704. The maximum Gasteiger partial charge on any atom is 0.183 e. The summed E-state index contributed by atoms with van der Waals surface area (Å²) in [5, 5.41) is 4.56. The van der Waals surface area contributed by atoms with E-state index in [1.165, 1.54) is 10.4 Å². The number of aromatic nitrogens is 1. The minimum atomic E-state index is -0.180. The number of thiazole rings is 1. The van der Waals surface area contributed by atoms with Crippen molar-refractivity contribution in [3.05, 3.63) is 34.5 Å². The molecule has 23 heavy (non-hydrogen) atoms. The first-order valence-electron chi connectivity index (χ1n) is 8.49. The molecule has 3 nitrogen and oxygen atoms in total. The summed E-state index contributed by atoms with van der Waals surface area (Å²) in [7, 11) is 0. The van der Waals surface area contributed by atoms with Crippen LogP contribution < -0.4 is 11.1 Å². The van der Waals surface area contributed by atoms with E-state index in [9.17, 15) is 4.39 Å². The summed E-state index contributed by atoms with van der Waals surface area (Å²) in [5.74, 6) is -0.180. The Kier molecular flexibility index (Phi) is 4.07. The predicted octanol–water partition coefficient (Wildman–Crippen LogP) is 4.12. The van der Waals surface area contributed by atoms with Gasteiger partial charge < -0.3 is 11.1 Å². The Hall–Kier alpha value is -1.46. The van der Waals surface area contributed by atoms with Crippen molar-refractivity contribution in [3.8, 4) is 11.3 Å². The highest BCUT2D eigenvalue weighted by Gasteiger charge is 2.23. The molecular weight excluding hydrogens is 309 g/mol. The number of nitrogens with one attached hydrogen (secondary N) is 1. The third-order valence-electron chi connectivity index (χ3n) is 4.97. The zero-order valence-electron chi connectivity index (χ0n) is 13.1. The average Bonchev–Trinajstić information content (AvgIpc) is 2.86. The molecule has 1 saturated carbocycles. The number of rotatable bonds is 2. The molecule has 0 spiro atoms. The Morgan fingerprint density at radius 1 is 1.17 bits per heavy atom. The maximum absolute atomic E-state index is 13.7. The van der Waals surface area contributed by atoms with Gasteiger partial charge in [-0.3, -0.25) is 0 Å². The van der Waals surface area contributed by atoms with Crippen LogP contribution in [0, 0.1) is 5.82 Å². The van der Waals surface area contributed by atoms with Crippen LogP contribution in [0.3, 0.4) is 0 Å².